The first-order valence-corrected chi connectivity index (χ1v) is 7.67. The molecular formula is C15H30N2O2. The first-order chi connectivity index (χ1) is 9.00. The molecule has 1 saturated carbocycles. The lowest BCUT2D eigenvalue weighted by molar-refractivity contribution is -0.153. The fraction of sp³-hybridized carbons (Fsp3) is 0.933. The van der Waals surface area contributed by atoms with E-state index in [1.54, 1.807) is 0 Å². The number of carbonyl (C=O) groups is 1. The Morgan fingerprint density at radius 3 is 2.26 bits per heavy atom. The lowest BCUT2D eigenvalue weighted by Crippen LogP contribution is -2.63. The van der Waals surface area contributed by atoms with E-state index in [9.17, 15) is 4.79 Å². The van der Waals surface area contributed by atoms with Crippen molar-refractivity contribution in [3.63, 3.8) is 0 Å². The van der Waals surface area contributed by atoms with E-state index in [1.165, 1.54) is 0 Å². The lowest BCUT2D eigenvalue weighted by Gasteiger charge is -2.38. The van der Waals surface area contributed by atoms with Crippen LogP contribution in [-0.2, 0) is 9.53 Å². The SMILES string of the molecule is CCOC(=O)C(CN(CC)CC)(NC(C)C)C1CC1. The third kappa shape index (κ3) is 4.18. The van der Waals surface area contributed by atoms with Crippen LogP contribution in [0.2, 0.25) is 0 Å². The number of esters is 1. The van der Waals surface area contributed by atoms with Crippen LogP contribution in [0.4, 0.5) is 0 Å². The molecule has 1 atom stereocenters. The molecule has 1 rings (SSSR count). The maximum Gasteiger partial charge on any atom is 0.327 e. The van der Waals surface area contributed by atoms with Gasteiger partial charge in [0.15, 0.2) is 0 Å². The van der Waals surface area contributed by atoms with Gasteiger partial charge < -0.3 is 9.64 Å². The second kappa shape index (κ2) is 7.25. The highest BCUT2D eigenvalue weighted by Gasteiger charge is 2.52. The van der Waals surface area contributed by atoms with Gasteiger partial charge in [-0.15, -0.1) is 0 Å². The summed E-state index contributed by atoms with van der Waals surface area (Å²) in [7, 11) is 0. The minimum absolute atomic E-state index is 0.0712. The largest absolute Gasteiger partial charge is 0.465 e. The fourth-order valence-corrected chi connectivity index (χ4v) is 2.73. The molecular weight excluding hydrogens is 240 g/mol. The molecule has 0 saturated heterocycles. The zero-order valence-corrected chi connectivity index (χ0v) is 13.2. The molecule has 1 aliphatic carbocycles. The summed E-state index contributed by atoms with van der Waals surface area (Å²) in [6.07, 6.45) is 2.25. The Balaban J connectivity index is 2.93. The van der Waals surface area contributed by atoms with Crippen molar-refractivity contribution in [2.45, 2.75) is 59.0 Å². The third-order valence-electron chi connectivity index (χ3n) is 3.83. The molecule has 0 spiro atoms. The lowest BCUT2D eigenvalue weighted by atomic mass is 9.91. The summed E-state index contributed by atoms with van der Waals surface area (Å²) in [5.74, 6) is 0.354. The minimum atomic E-state index is -0.518. The van der Waals surface area contributed by atoms with Gasteiger partial charge in [-0.1, -0.05) is 13.8 Å². The van der Waals surface area contributed by atoms with Crippen molar-refractivity contribution in [2.75, 3.05) is 26.2 Å². The van der Waals surface area contributed by atoms with Gasteiger partial charge in [-0.05, 0) is 52.6 Å². The number of nitrogens with one attached hydrogen (secondary N) is 1. The molecule has 0 heterocycles. The molecule has 0 aromatic heterocycles. The summed E-state index contributed by atoms with van der Waals surface area (Å²) in [4.78, 5) is 14.8. The second-order valence-corrected chi connectivity index (χ2v) is 5.73. The predicted molar refractivity (Wildman–Crippen MR) is 78.1 cm³/mol. The summed E-state index contributed by atoms with van der Waals surface area (Å²) in [5, 5.41) is 3.52. The maximum absolute atomic E-state index is 12.5. The van der Waals surface area contributed by atoms with E-state index in [0.29, 0.717) is 12.5 Å². The molecule has 112 valence electrons. The highest BCUT2D eigenvalue weighted by Crippen LogP contribution is 2.41. The Bertz CT molecular complexity index is 286. The smallest absolute Gasteiger partial charge is 0.327 e. The van der Waals surface area contributed by atoms with E-state index in [2.05, 4.69) is 37.9 Å². The van der Waals surface area contributed by atoms with Gasteiger partial charge in [0.25, 0.3) is 0 Å². The molecule has 0 radical (unpaired) electrons. The van der Waals surface area contributed by atoms with Crippen LogP contribution in [-0.4, -0.2) is 48.7 Å². The Morgan fingerprint density at radius 2 is 1.89 bits per heavy atom. The summed E-state index contributed by atoms with van der Waals surface area (Å²) in [6.45, 7) is 13.5. The normalized spacial score (nSPS) is 18.7. The van der Waals surface area contributed by atoms with Gasteiger partial charge in [-0.25, -0.2) is 4.79 Å². The van der Waals surface area contributed by atoms with Crippen LogP contribution in [0.3, 0.4) is 0 Å². The molecule has 0 aromatic carbocycles. The van der Waals surface area contributed by atoms with Crippen molar-refractivity contribution in [3.05, 3.63) is 0 Å². The molecule has 1 N–H and O–H groups in total. The van der Waals surface area contributed by atoms with Gasteiger partial charge in [0, 0.05) is 12.6 Å². The molecule has 0 bridgehead atoms. The maximum atomic E-state index is 12.5. The van der Waals surface area contributed by atoms with E-state index in [4.69, 9.17) is 4.74 Å². The molecule has 0 aliphatic heterocycles. The number of carbonyl (C=O) groups excluding carboxylic acids is 1. The van der Waals surface area contributed by atoms with Crippen molar-refractivity contribution >= 4 is 5.97 Å². The van der Waals surface area contributed by atoms with Crippen molar-refractivity contribution in [3.8, 4) is 0 Å². The van der Waals surface area contributed by atoms with Crippen LogP contribution in [0.25, 0.3) is 0 Å². The Labute approximate surface area is 117 Å². The van der Waals surface area contributed by atoms with Gasteiger partial charge in [-0.3, -0.25) is 5.32 Å². The standard InChI is InChI=1S/C15H30N2O2/c1-6-17(7-2)11-15(13-9-10-13,16-12(4)5)14(18)19-8-3/h12-13,16H,6-11H2,1-5H3. The zero-order valence-electron chi connectivity index (χ0n) is 13.2. The number of likely N-dealkylation sites (N-methyl/N-ethyl adjacent to an activating group) is 1. The number of nitrogens with zero attached hydrogens (tertiary/aromatic N) is 1. The van der Waals surface area contributed by atoms with Crippen molar-refractivity contribution in [1.82, 2.24) is 10.2 Å². The van der Waals surface area contributed by atoms with Gasteiger partial charge >= 0.3 is 5.97 Å². The van der Waals surface area contributed by atoms with E-state index < -0.39 is 5.54 Å². The van der Waals surface area contributed by atoms with Gasteiger partial charge in [0.1, 0.15) is 5.54 Å². The van der Waals surface area contributed by atoms with Gasteiger partial charge in [0.2, 0.25) is 0 Å². The summed E-state index contributed by atoms with van der Waals surface area (Å²) in [6, 6.07) is 0.278. The van der Waals surface area contributed by atoms with Crippen LogP contribution in [0.15, 0.2) is 0 Å². The summed E-state index contributed by atoms with van der Waals surface area (Å²) in [5.41, 5.74) is -0.518. The summed E-state index contributed by atoms with van der Waals surface area (Å²) >= 11 is 0. The molecule has 1 unspecified atom stereocenters. The monoisotopic (exact) mass is 270 g/mol. The van der Waals surface area contributed by atoms with Crippen molar-refractivity contribution < 1.29 is 9.53 Å². The number of hydrogen-bond donors (Lipinski definition) is 1. The molecule has 1 aliphatic rings. The predicted octanol–water partition coefficient (Wildman–Crippen LogP) is 2.04. The van der Waals surface area contributed by atoms with Crippen LogP contribution < -0.4 is 5.32 Å². The minimum Gasteiger partial charge on any atom is -0.465 e. The summed E-state index contributed by atoms with van der Waals surface area (Å²) < 4.78 is 5.37. The Morgan fingerprint density at radius 1 is 1.32 bits per heavy atom. The van der Waals surface area contributed by atoms with Crippen LogP contribution in [0, 0.1) is 5.92 Å². The van der Waals surface area contributed by atoms with E-state index in [0.717, 1.165) is 32.5 Å². The highest BCUT2D eigenvalue weighted by molar-refractivity contribution is 5.82. The third-order valence-corrected chi connectivity index (χ3v) is 3.83. The quantitative estimate of drug-likeness (QED) is 0.651. The fourth-order valence-electron chi connectivity index (χ4n) is 2.73. The number of hydrogen-bond acceptors (Lipinski definition) is 4. The Hall–Kier alpha value is -0.610. The molecule has 0 aromatic rings. The van der Waals surface area contributed by atoms with Gasteiger partial charge in [-0.2, -0.15) is 0 Å². The average Bonchev–Trinajstić information content (AvgIpc) is 3.18. The van der Waals surface area contributed by atoms with Crippen molar-refractivity contribution in [1.29, 1.82) is 0 Å². The molecule has 1 fully saturated rings. The van der Waals surface area contributed by atoms with E-state index in [1.807, 2.05) is 6.92 Å². The number of rotatable bonds is 9. The second-order valence-electron chi connectivity index (χ2n) is 5.73. The van der Waals surface area contributed by atoms with E-state index in [-0.39, 0.29) is 12.0 Å². The molecule has 4 heteroatoms. The highest BCUT2D eigenvalue weighted by atomic mass is 16.5. The molecule has 19 heavy (non-hydrogen) atoms. The van der Waals surface area contributed by atoms with Crippen LogP contribution >= 0.6 is 0 Å². The number of ether oxygens (including phenoxy) is 1. The topological polar surface area (TPSA) is 41.6 Å². The van der Waals surface area contributed by atoms with E-state index >= 15 is 0 Å². The van der Waals surface area contributed by atoms with Gasteiger partial charge in [0.05, 0.1) is 6.61 Å². The zero-order chi connectivity index (χ0) is 14.5. The van der Waals surface area contributed by atoms with Crippen LogP contribution in [0.1, 0.15) is 47.5 Å². The van der Waals surface area contributed by atoms with Crippen LogP contribution in [0.5, 0.6) is 0 Å². The molecule has 4 nitrogen and oxygen atoms in total. The Kier molecular flexibility index (Phi) is 6.27. The first kappa shape index (κ1) is 16.4. The van der Waals surface area contributed by atoms with Crippen molar-refractivity contribution in [2.24, 2.45) is 5.92 Å². The average molecular weight is 270 g/mol. The molecule has 0 amide bonds. The first-order valence-electron chi connectivity index (χ1n) is 7.67.